The van der Waals surface area contributed by atoms with Crippen LogP contribution in [0.4, 0.5) is 0 Å². The Morgan fingerprint density at radius 1 is 1.07 bits per heavy atom. The van der Waals surface area contributed by atoms with E-state index in [0.29, 0.717) is 0 Å². The molecule has 1 fully saturated rings. The predicted molar refractivity (Wildman–Crippen MR) is 166 cm³/mol. The number of nitrogens with zero attached hydrogens (tertiary/aromatic N) is 1. The van der Waals surface area contributed by atoms with E-state index in [1.54, 1.807) is 6.26 Å². The second-order valence-electron chi connectivity index (χ2n) is 10.2. The van der Waals surface area contributed by atoms with Crippen LogP contribution in [0.15, 0.2) is 64.8 Å². The summed E-state index contributed by atoms with van der Waals surface area (Å²) in [6.07, 6.45) is 4.60. The molecule has 2 aromatic heterocycles. The first-order chi connectivity index (χ1) is 19.3. The highest BCUT2D eigenvalue weighted by Crippen LogP contribution is 2.60. The van der Waals surface area contributed by atoms with Crippen LogP contribution in [0.5, 0.6) is 5.88 Å². The molecule has 12 heteroatoms. The summed E-state index contributed by atoms with van der Waals surface area (Å²) in [7, 11) is 2.74. The topological polar surface area (TPSA) is 80.0 Å². The number of esters is 1. The van der Waals surface area contributed by atoms with Gasteiger partial charge in [0.15, 0.2) is 5.15 Å². The van der Waals surface area contributed by atoms with Crippen LogP contribution >= 0.6 is 41.5 Å². The summed E-state index contributed by atoms with van der Waals surface area (Å²) in [6.45, 7) is 5.77. The van der Waals surface area contributed by atoms with Gasteiger partial charge in [0.05, 0.1) is 17.2 Å². The molecule has 0 saturated heterocycles. The molecule has 2 heterocycles. The highest BCUT2D eigenvalue weighted by molar-refractivity contribution is 8.07. The normalized spacial score (nSPS) is 17.2. The molecule has 0 spiro atoms. The monoisotopic (exact) mass is 659 g/mol. The van der Waals surface area contributed by atoms with Gasteiger partial charge in [0.25, 0.3) is 0 Å². The molecule has 1 aliphatic carbocycles. The average molecular weight is 661 g/mol. The van der Waals surface area contributed by atoms with Gasteiger partial charge in [-0.25, -0.2) is 0 Å². The molecule has 0 amide bonds. The number of rotatable bonds is 10. The Balaban J connectivity index is 0.000000250. The number of pyridine rings is 1. The van der Waals surface area contributed by atoms with Crippen molar-refractivity contribution in [2.24, 2.45) is 17.3 Å². The van der Waals surface area contributed by atoms with Crippen molar-refractivity contribution in [3.05, 3.63) is 92.5 Å². The van der Waals surface area contributed by atoms with Crippen molar-refractivity contribution < 1.29 is 27.5 Å². The number of hydrogen-bond donors (Lipinski definition) is 0. The van der Waals surface area contributed by atoms with Crippen LogP contribution in [0.25, 0.3) is 0 Å². The standard InChI is InChI=1S/C22H26O3.C7H7Cl3NO3PS/c1-15(2)10-19-20(22(19,3)4)21(23)25-14-17-12-18(24-13-17)11-16-8-6-5-7-9-16;1-12-15(16,13-2)14-7-5(9)3-4(8)6(10)11-7/h5-10,12-13,19-20H,11,14H2,1-4H3;3H,1-2H3. The Morgan fingerprint density at radius 2 is 1.73 bits per heavy atom. The molecule has 1 aromatic carbocycles. The van der Waals surface area contributed by atoms with Crippen molar-refractivity contribution in [2.45, 2.75) is 40.7 Å². The summed E-state index contributed by atoms with van der Waals surface area (Å²) < 4.78 is 26.2. The van der Waals surface area contributed by atoms with Crippen LogP contribution in [0.2, 0.25) is 15.2 Å². The molecule has 3 aromatic rings. The van der Waals surface area contributed by atoms with E-state index in [9.17, 15) is 4.79 Å². The fraction of sp³-hybridized carbons (Fsp3) is 0.379. The molecule has 4 rings (SSSR count). The summed E-state index contributed by atoms with van der Waals surface area (Å²) in [5.41, 5.74) is 3.33. The van der Waals surface area contributed by atoms with Crippen molar-refractivity contribution >= 4 is 59.3 Å². The first-order valence-electron chi connectivity index (χ1n) is 12.6. The number of allylic oxidation sites excluding steroid dienone is 2. The van der Waals surface area contributed by atoms with Gasteiger partial charge >= 0.3 is 12.7 Å². The summed E-state index contributed by atoms with van der Waals surface area (Å²) in [4.78, 5) is 16.2. The SMILES string of the molecule is CC(C)=CC1C(C(=O)OCc2coc(Cc3ccccc3)c2)C1(C)C.COP(=S)(OC)Oc1nc(Cl)c(Cl)cc1Cl. The highest BCUT2D eigenvalue weighted by Gasteiger charge is 2.61. The Bertz CT molecular complexity index is 1420. The summed E-state index contributed by atoms with van der Waals surface area (Å²) in [5, 5.41) is 0.467. The quantitative estimate of drug-likeness (QED) is 0.0922. The number of furan rings is 1. The summed E-state index contributed by atoms with van der Waals surface area (Å²) in [6, 6.07) is 13.5. The fourth-order valence-electron chi connectivity index (χ4n) is 4.18. The van der Waals surface area contributed by atoms with E-state index in [-0.39, 0.29) is 50.9 Å². The van der Waals surface area contributed by atoms with Crippen LogP contribution < -0.4 is 4.52 Å². The number of halogens is 3. The molecular weight excluding hydrogens is 628 g/mol. The van der Waals surface area contributed by atoms with Gasteiger partial charge in [-0.2, -0.15) is 4.98 Å². The lowest BCUT2D eigenvalue weighted by atomic mass is 10.1. The van der Waals surface area contributed by atoms with Crippen molar-refractivity contribution in [2.75, 3.05) is 14.2 Å². The van der Waals surface area contributed by atoms with E-state index in [2.05, 4.69) is 50.9 Å². The van der Waals surface area contributed by atoms with E-state index >= 15 is 0 Å². The Kier molecular flexibility index (Phi) is 11.9. The van der Waals surface area contributed by atoms with Gasteiger partial charge in [0.1, 0.15) is 17.4 Å². The van der Waals surface area contributed by atoms with Crippen LogP contribution in [0.3, 0.4) is 0 Å². The minimum Gasteiger partial charge on any atom is -0.469 e. The molecular formula is C29H33Cl3NO6PS. The van der Waals surface area contributed by atoms with Gasteiger partial charge in [-0.15, -0.1) is 0 Å². The third-order valence-electron chi connectivity index (χ3n) is 6.49. The molecule has 222 valence electrons. The third-order valence-corrected chi connectivity index (χ3v) is 9.84. The summed E-state index contributed by atoms with van der Waals surface area (Å²) in [5.74, 6) is 1.04. The molecule has 0 bridgehead atoms. The zero-order valence-electron chi connectivity index (χ0n) is 23.7. The predicted octanol–water partition coefficient (Wildman–Crippen LogP) is 9.09. The van der Waals surface area contributed by atoms with Crippen molar-refractivity contribution in [3.63, 3.8) is 0 Å². The van der Waals surface area contributed by atoms with Crippen LogP contribution in [0.1, 0.15) is 44.6 Å². The molecule has 2 atom stereocenters. The highest BCUT2D eigenvalue weighted by atomic mass is 35.5. The van der Waals surface area contributed by atoms with Gasteiger partial charge in [-0.3, -0.25) is 4.79 Å². The number of carbonyl (C=O) groups excluding carboxylic acids is 1. The molecule has 41 heavy (non-hydrogen) atoms. The van der Waals surface area contributed by atoms with E-state index in [1.165, 1.54) is 31.4 Å². The van der Waals surface area contributed by atoms with Gasteiger partial charge < -0.3 is 22.7 Å². The van der Waals surface area contributed by atoms with Gasteiger partial charge in [-0.1, -0.05) is 90.6 Å². The Labute approximate surface area is 261 Å². The Hall–Kier alpha value is -1.90. The van der Waals surface area contributed by atoms with Crippen molar-refractivity contribution in [1.29, 1.82) is 0 Å². The maximum atomic E-state index is 12.4. The molecule has 7 nitrogen and oxygen atoms in total. The van der Waals surface area contributed by atoms with E-state index in [4.69, 9.17) is 69.3 Å². The second-order valence-corrected chi connectivity index (χ2v) is 14.5. The lowest BCUT2D eigenvalue weighted by Crippen LogP contribution is -2.10. The van der Waals surface area contributed by atoms with Crippen LogP contribution in [0, 0.1) is 17.3 Å². The molecule has 0 aliphatic heterocycles. The van der Waals surface area contributed by atoms with Crippen molar-refractivity contribution in [1.82, 2.24) is 4.98 Å². The lowest BCUT2D eigenvalue weighted by Gasteiger charge is -2.18. The molecule has 0 radical (unpaired) electrons. The van der Waals surface area contributed by atoms with E-state index in [0.717, 1.165) is 17.7 Å². The number of hydrogen-bond acceptors (Lipinski definition) is 8. The maximum Gasteiger partial charge on any atom is 0.381 e. The lowest BCUT2D eigenvalue weighted by molar-refractivity contribution is -0.147. The first kappa shape index (κ1) is 33.6. The second kappa shape index (κ2) is 14.5. The maximum absolute atomic E-state index is 12.4. The zero-order valence-corrected chi connectivity index (χ0v) is 27.6. The first-order valence-corrected chi connectivity index (χ1v) is 16.3. The molecule has 2 unspecified atom stereocenters. The number of ether oxygens (including phenoxy) is 1. The third kappa shape index (κ3) is 9.29. The van der Waals surface area contributed by atoms with Gasteiger partial charge in [-0.05, 0) is 42.9 Å². The molecule has 1 aliphatic rings. The van der Waals surface area contributed by atoms with Crippen LogP contribution in [-0.4, -0.2) is 25.2 Å². The van der Waals surface area contributed by atoms with Gasteiger partial charge in [0, 0.05) is 38.0 Å². The Morgan fingerprint density at radius 3 is 2.34 bits per heavy atom. The van der Waals surface area contributed by atoms with Gasteiger partial charge in [0.2, 0.25) is 5.88 Å². The van der Waals surface area contributed by atoms with Crippen molar-refractivity contribution in [3.8, 4) is 5.88 Å². The number of aromatic nitrogens is 1. The van der Waals surface area contributed by atoms with E-state index in [1.807, 2.05) is 24.3 Å². The fourth-order valence-corrected chi connectivity index (χ4v) is 5.62. The largest absolute Gasteiger partial charge is 0.469 e. The number of benzene rings is 1. The average Bonchev–Trinajstić information content (AvgIpc) is 3.22. The number of carbonyl (C=O) groups is 1. The molecule has 0 N–H and O–H groups in total. The smallest absolute Gasteiger partial charge is 0.381 e. The summed E-state index contributed by atoms with van der Waals surface area (Å²) >= 11 is 22.3. The zero-order chi connectivity index (χ0) is 30.4. The molecule has 1 saturated carbocycles. The minimum absolute atomic E-state index is 0.0107. The van der Waals surface area contributed by atoms with E-state index < -0.39 is 6.72 Å². The van der Waals surface area contributed by atoms with Crippen LogP contribution in [-0.2, 0) is 43.4 Å². The minimum atomic E-state index is -2.88.